The van der Waals surface area contributed by atoms with Crippen molar-refractivity contribution in [1.82, 2.24) is 0 Å². The van der Waals surface area contributed by atoms with Crippen LogP contribution in [0.3, 0.4) is 0 Å². The Balaban J connectivity index is -0.00000000500. The zero-order chi connectivity index (χ0) is 2.00. The van der Waals surface area contributed by atoms with Crippen molar-refractivity contribution in [2.75, 3.05) is 0 Å². The summed E-state index contributed by atoms with van der Waals surface area (Å²) in [6.07, 6.45) is 0. The Bertz CT molecular complexity index is 3.25. The third-order valence-corrected chi connectivity index (χ3v) is 0. The lowest BCUT2D eigenvalue weighted by atomic mass is 16.0. The van der Waals surface area contributed by atoms with Crippen LogP contribution < -0.4 is 0 Å². The van der Waals surface area contributed by atoms with E-state index in [1.807, 2.05) is 16.3 Å². The predicted octanol–water partition coefficient (Wildman–Crippen LogP) is -1.36. The fraction of sp³-hybridized carbons (Fsp3) is 0. The van der Waals surface area contributed by atoms with Crippen LogP contribution in [0.2, 0.25) is 0 Å². The second-order valence-corrected chi connectivity index (χ2v) is 0. The van der Waals surface area contributed by atoms with Crippen LogP contribution in [0.25, 0.3) is 0 Å². The highest BCUT2D eigenvalue weighted by atomic mass is 79.9. The summed E-state index contributed by atoms with van der Waals surface area (Å²) in [6.45, 7) is 0. The first-order chi connectivity index (χ1) is 1.00. The molecule has 0 aliphatic heterocycles. The molecule has 0 atom stereocenters. The summed E-state index contributed by atoms with van der Waals surface area (Å²) >= 11 is 1.94. The van der Waals surface area contributed by atoms with E-state index in [1.54, 1.807) is 0 Å². The minimum Gasteiger partial charge on any atom is -0.412 e. The lowest BCUT2D eigenvalue weighted by Gasteiger charge is -1.14. The molecule has 0 amide bonds. The van der Waals surface area contributed by atoms with Crippen LogP contribution in [0.1, 0.15) is 0 Å². The van der Waals surface area contributed by atoms with E-state index in [2.05, 4.69) is 0 Å². The van der Waals surface area contributed by atoms with Crippen LogP contribution in [0.4, 0.5) is 0 Å². The van der Waals surface area contributed by atoms with Gasteiger partial charge in [0.15, 0.2) is 0 Å². The molecule has 5 N–H and O–H groups in total. The van der Waals surface area contributed by atoms with Crippen LogP contribution in [-0.4, -0.2) is 15.2 Å². The molecule has 0 saturated carbocycles. The molecule has 0 aliphatic carbocycles. The first-order valence-corrected chi connectivity index (χ1v) is 0.878. The smallest absolute Gasteiger partial charge is 0.0957 e. The Labute approximate surface area is 32.3 Å². The van der Waals surface area contributed by atoms with Crippen LogP contribution in [0.5, 0.6) is 0 Å². The largest absolute Gasteiger partial charge is 0.412 e. The predicted molar refractivity (Wildman–Crippen MR) is 18.4 cm³/mol. The van der Waals surface area contributed by atoms with Crippen molar-refractivity contribution in [3.63, 3.8) is 0 Å². The van der Waals surface area contributed by atoms with Gasteiger partial charge in [-0.3, -0.25) is 0 Å². The van der Waals surface area contributed by atoms with Gasteiger partial charge in [-0.25, -0.2) is 0 Å². The van der Waals surface area contributed by atoms with Gasteiger partial charge in [-0.2, -0.15) is 0 Å². The zero-order valence-corrected chi connectivity index (χ0v) is 3.41. The average molecular weight is 133 g/mol. The Hall–Kier alpha value is 0.360. The first kappa shape index (κ1) is 26.6. The standard InChI is InChI=1S/BrHO.2H2O/c1-2;;/h2H;2*1H2. The lowest BCUT2D eigenvalue weighted by Crippen LogP contribution is -0.872. The van der Waals surface area contributed by atoms with Gasteiger partial charge in [0.1, 0.15) is 0 Å². The number of hydrogen-bond acceptors (Lipinski definition) is 1. The molecule has 0 aromatic rings. The third kappa shape index (κ3) is 33.7. The van der Waals surface area contributed by atoms with E-state index in [-0.39, 0.29) is 11.0 Å². The van der Waals surface area contributed by atoms with Crippen LogP contribution in [0, 0.1) is 0 Å². The quantitative estimate of drug-likeness (QED) is 0.434. The second kappa shape index (κ2) is 144. The lowest BCUT2D eigenvalue weighted by molar-refractivity contribution is 0.702. The van der Waals surface area contributed by atoms with Crippen LogP contribution in [-0.2, 0) is 0 Å². The summed E-state index contributed by atoms with van der Waals surface area (Å²) in [5.41, 5.74) is 0. The highest BCUT2D eigenvalue weighted by Gasteiger charge is 0.908. The topological polar surface area (TPSA) is 83.2 Å². The van der Waals surface area contributed by atoms with Crippen molar-refractivity contribution in [1.29, 1.82) is 0 Å². The van der Waals surface area contributed by atoms with Crippen LogP contribution in [0.15, 0.2) is 0 Å². The van der Waals surface area contributed by atoms with Gasteiger partial charge in [0.25, 0.3) is 0 Å². The maximum atomic E-state index is 6.81. The molecule has 0 aromatic heterocycles. The molecule has 4 heavy (non-hydrogen) atoms. The molecule has 0 heterocycles. The van der Waals surface area contributed by atoms with Gasteiger partial charge < -0.3 is 15.2 Å². The summed E-state index contributed by atoms with van der Waals surface area (Å²) in [6, 6.07) is 0. The zero-order valence-electron chi connectivity index (χ0n) is 1.83. The van der Waals surface area contributed by atoms with Gasteiger partial charge >= 0.3 is 0 Å². The van der Waals surface area contributed by atoms with Crippen LogP contribution >= 0.6 is 16.3 Å². The third-order valence-electron chi connectivity index (χ3n) is 0. The molecule has 0 bridgehead atoms. The van der Waals surface area contributed by atoms with E-state index >= 15 is 0 Å². The highest BCUT2D eigenvalue weighted by molar-refractivity contribution is 9.05. The molecule has 0 aromatic carbocycles. The van der Waals surface area contributed by atoms with E-state index in [0.717, 1.165) is 0 Å². The highest BCUT2D eigenvalue weighted by Crippen LogP contribution is 1.43. The van der Waals surface area contributed by atoms with Gasteiger partial charge in [0.2, 0.25) is 0 Å². The monoisotopic (exact) mass is 132 g/mol. The van der Waals surface area contributed by atoms with Crippen molar-refractivity contribution in [3.8, 4) is 0 Å². The SMILES string of the molecule is O.O.OBr. The Kier molecular flexibility index (Phi) is 961. The van der Waals surface area contributed by atoms with E-state index in [1.165, 1.54) is 0 Å². The Morgan fingerprint density at radius 2 is 1.00 bits per heavy atom. The molecule has 3 nitrogen and oxygen atoms in total. The summed E-state index contributed by atoms with van der Waals surface area (Å²) in [5.74, 6) is 0. The molecule has 0 rings (SSSR count). The fourth-order valence-corrected chi connectivity index (χ4v) is 0. The number of rotatable bonds is 0. The van der Waals surface area contributed by atoms with E-state index in [0.29, 0.717) is 0 Å². The van der Waals surface area contributed by atoms with E-state index < -0.39 is 0 Å². The second-order valence-electron chi connectivity index (χ2n) is 0. The molecule has 0 spiro atoms. The minimum atomic E-state index is 0. The molecular formula is H5BrO3. The van der Waals surface area contributed by atoms with Gasteiger partial charge in [0.05, 0.1) is 16.3 Å². The van der Waals surface area contributed by atoms with Gasteiger partial charge in [0, 0.05) is 0 Å². The maximum Gasteiger partial charge on any atom is 0.0957 e. The molecule has 0 unspecified atom stereocenters. The van der Waals surface area contributed by atoms with Crippen molar-refractivity contribution in [3.05, 3.63) is 0 Å². The summed E-state index contributed by atoms with van der Waals surface area (Å²) in [5, 5.41) is 0. The van der Waals surface area contributed by atoms with Crippen molar-refractivity contribution < 1.29 is 15.2 Å². The van der Waals surface area contributed by atoms with Gasteiger partial charge in [-0.1, -0.05) is 0 Å². The number of hydrogen-bond donors (Lipinski definition) is 1. The summed E-state index contributed by atoms with van der Waals surface area (Å²) < 4.78 is 6.81. The molecule has 0 radical (unpaired) electrons. The van der Waals surface area contributed by atoms with E-state index in [9.17, 15) is 0 Å². The number of halogens is 1. The minimum absolute atomic E-state index is 0. The van der Waals surface area contributed by atoms with Crippen molar-refractivity contribution in [2.45, 2.75) is 0 Å². The molecule has 30 valence electrons. The molecule has 0 saturated heterocycles. The first-order valence-electron chi connectivity index (χ1n) is 0.169. The Morgan fingerprint density at radius 3 is 1.00 bits per heavy atom. The molecular weight excluding hydrogens is 128 g/mol. The van der Waals surface area contributed by atoms with Gasteiger partial charge in [-0.05, 0) is 0 Å². The maximum absolute atomic E-state index is 6.81. The molecule has 0 aliphatic rings. The summed E-state index contributed by atoms with van der Waals surface area (Å²) in [7, 11) is 0. The molecule has 4 heteroatoms. The van der Waals surface area contributed by atoms with E-state index in [4.69, 9.17) is 4.20 Å². The van der Waals surface area contributed by atoms with Crippen molar-refractivity contribution in [2.24, 2.45) is 0 Å². The van der Waals surface area contributed by atoms with Crippen molar-refractivity contribution >= 4 is 16.3 Å². The van der Waals surface area contributed by atoms with Gasteiger partial charge in [-0.15, -0.1) is 0 Å². The normalized spacial score (nSPS) is 1.50. The summed E-state index contributed by atoms with van der Waals surface area (Å²) in [4.78, 5) is 0. The molecule has 0 fully saturated rings. The fourth-order valence-electron chi connectivity index (χ4n) is 0. The average Bonchev–Trinajstić information content (AvgIpc) is 1.00. The Morgan fingerprint density at radius 1 is 1.00 bits per heavy atom.